The quantitative estimate of drug-likeness (QED) is 0.504. The van der Waals surface area contributed by atoms with Crippen molar-refractivity contribution in [3.8, 4) is 0 Å². The molecule has 1 saturated heterocycles. The lowest BCUT2D eigenvalue weighted by molar-refractivity contribution is -0.136. The van der Waals surface area contributed by atoms with Crippen LogP contribution in [0.25, 0.3) is 0 Å². The fraction of sp³-hybridized carbons (Fsp3) is 0.778. The van der Waals surface area contributed by atoms with Gasteiger partial charge in [-0.3, -0.25) is 14.9 Å². The Balaban J connectivity index is 2.49. The highest BCUT2D eigenvalue weighted by Crippen LogP contribution is 2.00. The summed E-state index contributed by atoms with van der Waals surface area (Å²) in [6.07, 6.45) is 0. The Bertz CT molecular complexity index is 247. The van der Waals surface area contributed by atoms with Crippen LogP contribution >= 0.6 is 0 Å². The number of aliphatic hydroxyl groups excluding tert-OH is 1. The number of carbonyl (C=O) groups excluding carboxylic acids is 2. The van der Waals surface area contributed by atoms with Crippen LogP contribution in [0.5, 0.6) is 0 Å². The number of amides is 2. The molecule has 1 rings (SSSR count). The van der Waals surface area contributed by atoms with Gasteiger partial charge in [0, 0.05) is 13.6 Å². The van der Waals surface area contributed by atoms with Crippen molar-refractivity contribution in [2.45, 2.75) is 19.0 Å². The van der Waals surface area contributed by atoms with Gasteiger partial charge in [-0.05, 0) is 6.92 Å². The highest BCUT2D eigenvalue weighted by atomic mass is 16.3. The van der Waals surface area contributed by atoms with E-state index in [-0.39, 0.29) is 37.0 Å². The summed E-state index contributed by atoms with van der Waals surface area (Å²) in [4.78, 5) is 24.1. The van der Waals surface area contributed by atoms with Crippen molar-refractivity contribution in [1.82, 2.24) is 15.5 Å². The Morgan fingerprint density at radius 2 is 2.40 bits per heavy atom. The standard InChI is InChI=1S/C9H17N3O3/c1-6(5-13)12(2)9(15)7-3-11-8(14)4-10-7/h6-7,10,13H,3-5H2,1-2H3,(H,11,14). The average Bonchev–Trinajstić information content (AvgIpc) is 2.27. The van der Waals surface area contributed by atoms with E-state index in [0.717, 1.165) is 0 Å². The van der Waals surface area contributed by atoms with Crippen LogP contribution in [0.3, 0.4) is 0 Å². The summed E-state index contributed by atoms with van der Waals surface area (Å²) in [6.45, 7) is 2.17. The van der Waals surface area contributed by atoms with E-state index >= 15 is 0 Å². The zero-order chi connectivity index (χ0) is 11.4. The second-order valence-corrected chi connectivity index (χ2v) is 3.72. The lowest BCUT2D eigenvalue weighted by atomic mass is 10.2. The molecule has 0 aromatic heterocycles. The molecular weight excluding hydrogens is 198 g/mol. The molecule has 0 radical (unpaired) electrons. The molecule has 1 aliphatic heterocycles. The summed E-state index contributed by atoms with van der Waals surface area (Å²) in [6, 6.07) is -0.598. The molecule has 0 spiro atoms. The number of nitrogens with zero attached hydrogens (tertiary/aromatic N) is 1. The van der Waals surface area contributed by atoms with Crippen LogP contribution in [0.1, 0.15) is 6.92 Å². The van der Waals surface area contributed by atoms with Gasteiger partial charge in [0.15, 0.2) is 0 Å². The van der Waals surface area contributed by atoms with Crippen LogP contribution in [0.4, 0.5) is 0 Å². The van der Waals surface area contributed by atoms with E-state index in [1.807, 2.05) is 0 Å². The minimum Gasteiger partial charge on any atom is -0.394 e. The van der Waals surface area contributed by atoms with Crippen LogP contribution in [0.2, 0.25) is 0 Å². The molecule has 2 unspecified atom stereocenters. The fourth-order valence-corrected chi connectivity index (χ4v) is 1.33. The van der Waals surface area contributed by atoms with Crippen molar-refractivity contribution in [3.05, 3.63) is 0 Å². The van der Waals surface area contributed by atoms with Gasteiger partial charge in [-0.2, -0.15) is 0 Å². The Morgan fingerprint density at radius 1 is 1.73 bits per heavy atom. The summed E-state index contributed by atoms with van der Waals surface area (Å²) >= 11 is 0. The van der Waals surface area contributed by atoms with Gasteiger partial charge in [0.2, 0.25) is 11.8 Å². The van der Waals surface area contributed by atoms with E-state index in [1.54, 1.807) is 14.0 Å². The Labute approximate surface area is 88.6 Å². The number of nitrogens with one attached hydrogen (secondary N) is 2. The van der Waals surface area contributed by atoms with Crippen LogP contribution in [-0.4, -0.2) is 60.6 Å². The van der Waals surface area contributed by atoms with E-state index in [9.17, 15) is 9.59 Å². The van der Waals surface area contributed by atoms with Gasteiger partial charge in [-0.25, -0.2) is 0 Å². The molecule has 86 valence electrons. The number of aliphatic hydroxyl groups is 1. The molecule has 0 aliphatic carbocycles. The Kier molecular flexibility index (Phi) is 4.05. The predicted octanol–water partition coefficient (Wildman–Crippen LogP) is -2.09. The van der Waals surface area contributed by atoms with E-state index in [2.05, 4.69) is 10.6 Å². The molecule has 0 aromatic rings. The summed E-state index contributed by atoms with van der Waals surface area (Å²) in [5.41, 5.74) is 0. The van der Waals surface area contributed by atoms with E-state index in [1.165, 1.54) is 4.90 Å². The summed E-state index contributed by atoms with van der Waals surface area (Å²) < 4.78 is 0. The molecule has 6 heteroatoms. The first-order valence-corrected chi connectivity index (χ1v) is 4.94. The van der Waals surface area contributed by atoms with Crippen LogP contribution in [-0.2, 0) is 9.59 Å². The van der Waals surface area contributed by atoms with Crippen LogP contribution in [0, 0.1) is 0 Å². The third-order valence-electron chi connectivity index (χ3n) is 2.58. The van der Waals surface area contributed by atoms with Crippen molar-refractivity contribution in [1.29, 1.82) is 0 Å². The average molecular weight is 215 g/mol. The molecule has 2 amide bonds. The zero-order valence-corrected chi connectivity index (χ0v) is 8.99. The van der Waals surface area contributed by atoms with Gasteiger partial charge in [-0.1, -0.05) is 0 Å². The summed E-state index contributed by atoms with van der Waals surface area (Å²) in [5, 5.41) is 14.4. The molecule has 3 N–H and O–H groups in total. The fourth-order valence-electron chi connectivity index (χ4n) is 1.33. The second-order valence-electron chi connectivity index (χ2n) is 3.72. The molecule has 1 fully saturated rings. The Hall–Kier alpha value is -1.14. The maximum atomic E-state index is 11.8. The van der Waals surface area contributed by atoms with Gasteiger partial charge in [0.25, 0.3) is 0 Å². The van der Waals surface area contributed by atoms with Gasteiger partial charge in [-0.15, -0.1) is 0 Å². The van der Waals surface area contributed by atoms with E-state index < -0.39 is 0 Å². The first-order valence-electron chi connectivity index (χ1n) is 4.94. The SMILES string of the molecule is CC(CO)N(C)C(=O)C1CNC(=O)CN1. The number of hydrogen-bond donors (Lipinski definition) is 3. The normalized spacial score (nSPS) is 23.1. The predicted molar refractivity (Wildman–Crippen MR) is 54.1 cm³/mol. The number of piperazine rings is 1. The molecule has 15 heavy (non-hydrogen) atoms. The topological polar surface area (TPSA) is 81.7 Å². The van der Waals surface area contributed by atoms with Gasteiger partial charge in [0.1, 0.15) is 6.04 Å². The van der Waals surface area contributed by atoms with Crippen LogP contribution < -0.4 is 10.6 Å². The lowest BCUT2D eigenvalue weighted by Crippen LogP contribution is -2.59. The molecule has 0 aromatic carbocycles. The summed E-state index contributed by atoms with van der Waals surface area (Å²) in [5.74, 6) is -0.214. The van der Waals surface area contributed by atoms with Crippen molar-refractivity contribution >= 4 is 11.8 Å². The molecular formula is C9H17N3O3. The Morgan fingerprint density at radius 3 is 2.87 bits per heavy atom. The third kappa shape index (κ3) is 2.90. The second kappa shape index (κ2) is 5.09. The first-order chi connectivity index (χ1) is 7.06. The van der Waals surface area contributed by atoms with E-state index in [4.69, 9.17) is 5.11 Å². The largest absolute Gasteiger partial charge is 0.394 e. The number of hydrogen-bond acceptors (Lipinski definition) is 4. The van der Waals surface area contributed by atoms with Gasteiger partial charge >= 0.3 is 0 Å². The number of likely N-dealkylation sites (N-methyl/N-ethyl adjacent to an activating group) is 1. The monoisotopic (exact) mass is 215 g/mol. The zero-order valence-electron chi connectivity index (χ0n) is 8.99. The van der Waals surface area contributed by atoms with Gasteiger partial charge < -0.3 is 15.3 Å². The smallest absolute Gasteiger partial charge is 0.241 e. The maximum absolute atomic E-state index is 11.8. The molecule has 1 heterocycles. The molecule has 6 nitrogen and oxygen atoms in total. The number of carbonyl (C=O) groups is 2. The minimum absolute atomic E-state index is 0.0681. The highest BCUT2D eigenvalue weighted by molar-refractivity contribution is 5.86. The third-order valence-corrected chi connectivity index (χ3v) is 2.58. The van der Waals surface area contributed by atoms with Crippen LogP contribution in [0.15, 0.2) is 0 Å². The summed E-state index contributed by atoms with van der Waals surface area (Å²) in [7, 11) is 1.64. The van der Waals surface area contributed by atoms with Crippen molar-refractivity contribution in [2.24, 2.45) is 0 Å². The molecule has 1 aliphatic rings. The maximum Gasteiger partial charge on any atom is 0.241 e. The number of rotatable bonds is 3. The minimum atomic E-state index is -0.387. The van der Waals surface area contributed by atoms with Crippen molar-refractivity contribution < 1.29 is 14.7 Å². The van der Waals surface area contributed by atoms with Crippen molar-refractivity contribution in [3.63, 3.8) is 0 Å². The molecule has 0 bridgehead atoms. The lowest BCUT2D eigenvalue weighted by Gasteiger charge is -2.30. The van der Waals surface area contributed by atoms with Gasteiger partial charge in [0.05, 0.1) is 19.2 Å². The van der Waals surface area contributed by atoms with Crippen molar-refractivity contribution in [2.75, 3.05) is 26.7 Å². The highest BCUT2D eigenvalue weighted by Gasteiger charge is 2.27. The molecule has 2 atom stereocenters. The van der Waals surface area contributed by atoms with E-state index in [0.29, 0.717) is 6.54 Å². The molecule has 0 saturated carbocycles. The first kappa shape index (κ1) is 11.9.